The molecule has 0 radical (unpaired) electrons. The average molecular weight is 827 g/mol. The predicted octanol–water partition coefficient (Wildman–Crippen LogP) is -4.60. The Hall–Kier alpha value is -6.03. The smallest absolute Gasteiger partial charge is 0.321 e. The third kappa shape index (κ3) is 50.0. The van der Waals surface area contributed by atoms with E-state index in [4.69, 9.17) is 86.7 Å². The van der Waals surface area contributed by atoms with Crippen molar-refractivity contribution in [3.63, 3.8) is 0 Å². The summed E-state index contributed by atoms with van der Waals surface area (Å²) >= 11 is 0. The van der Waals surface area contributed by atoms with Gasteiger partial charge in [-0.05, 0) is 44.2 Å². The predicted molar refractivity (Wildman–Crippen MR) is 202 cm³/mol. The van der Waals surface area contributed by atoms with Crippen molar-refractivity contribution in [3.8, 4) is 0 Å². The van der Waals surface area contributed by atoms with Crippen LogP contribution in [0.15, 0.2) is 35.3 Å². The van der Waals surface area contributed by atoms with Crippen molar-refractivity contribution >= 4 is 53.7 Å². The van der Waals surface area contributed by atoms with Gasteiger partial charge in [0.2, 0.25) is 0 Å². The van der Waals surface area contributed by atoms with E-state index in [2.05, 4.69) is 10.7 Å². The van der Waals surface area contributed by atoms with Crippen molar-refractivity contribution < 1.29 is 79.2 Å². The fourth-order valence-electron chi connectivity index (χ4n) is 2.78. The monoisotopic (exact) mass is 826 g/mol. The molecule has 0 spiro atoms. The second-order valence-corrected chi connectivity index (χ2v) is 10.9. The highest BCUT2D eigenvalue weighted by Crippen LogP contribution is 2.01. The highest BCUT2D eigenvalue weighted by Gasteiger charge is 2.15. The van der Waals surface area contributed by atoms with Crippen molar-refractivity contribution in [1.82, 2.24) is 0 Å². The first-order valence-corrected chi connectivity index (χ1v) is 16.3. The van der Waals surface area contributed by atoms with Crippen LogP contribution in [-0.4, -0.2) is 144 Å². The number of carboxylic acid groups (broad SMARTS) is 8. The molecule has 0 fully saturated rings. The largest absolute Gasteiger partial charge is 0.481 e. The molecule has 5 atom stereocenters. The van der Waals surface area contributed by atoms with Gasteiger partial charge in [0.25, 0.3) is 0 Å². The number of unbranched alkanes of at least 4 members (excludes halogenated alkanes) is 1. The van der Waals surface area contributed by atoms with Crippen LogP contribution in [0, 0.1) is 0 Å². The first-order chi connectivity index (χ1) is 26.3. The van der Waals surface area contributed by atoms with Crippen molar-refractivity contribution in [3.05, 3.63) is 35.9 Å². The molecule has 0 saturated heterocycles. The number of benzene rings is 1. The number of nitrogens with zero attached hydrogens (tertiary/aromatic N) is 1. The van der Waals surface area contributed by atoms with Crippen molar-refractivity contribution in [2.75, 3.05) is 19.6 Å². The zero-order valence-corrected chi connectivity index (χ0v) is 31.0. The topological polar surface area (TPSA) is 545 Å². The minimum Gasteiger partial charge on any atom is -0.481 e. The minimum absolute atomic E-state index is 0.0129. The van der Waals surface area contributed by atoms with Crippen LogP contribution in [-0.2, 0) is 44.8 Å². The van der Waals surface area contributed by atoms with Gasteiger partial charge in [-0.2, -0.15) is 0 Å². The van der Waals surface area contributed by atoms with Gasteiger partial charge < -0.3 is 92.5 Å². The molecular formula is C31H58N10O16. The molecule has 1 aromatic rings. The van der Waals surface area contributed by atoms with Crippen molar-refractivity contribution in [2.45, 2.75) is 81.6 Å². The quantitative estimate of drug-likeness (QED) is 0.0334. The van der Waals surface area contributed by atoms with E-state index in [1.54, 1.807) is 0 Å². The Balaban J connectivity index is -0.000000193. The van der Waals surface area contributed by atoms with E-state index in [1.165, 1.54) is 0 Å². The second kappa shape index (κ2) is 38.3. The van der Waals surface area contributed by atoms with E-state index in [1.807, 2.05) is 30.3 Å². The fraction of sp³-hybridized carbons (Fsp3) is 0.516. The zero-order chi connectivity index (χ0) is 45.7. The number of carbonyl (C=O) groups is 8. The highest BCUT2D eigenvalue weighted by molar-refractivity contribution is 5.81. The number of guanidine groups is 1. The van der Waals surface area contributed by atoms with Gasteiger partial charge in [-0.25, -0.2) is 0 Å². The zero-order valence-electron chi connectivity index (χ0n) is 31.0. The lowest BCUT2D eigenvalue weighted by molar-refractivity contribution is -0.144. The molecule has 0 aromatic heterocycles. The third-order valence-corrected chi connectivity index (χ3v) is 5.78. The Labute approximate surface area is 326 Å². The number of rotatable bonds is 20. The van der Waals surface area contributed by atoms with Gasteiger partial charge in [-0.15, -0.1) is 0 Å². The lowest BCUT2D eigenvalue weighted by atomic mass is 10.1. The summed E-state index contributed by atoms with van der Waals surface area (Å²) in [5.74, 6) is -8.84. The average Bonchev–Trinajstić information content (AvgIpc) is 3.11. The van der Waals surface area contributed by atoms with Crippen LogP contribution in [0.2, 0.25) is 0 Å². The number of hydrogen-bond acceptors (Lipinski definition) is 16. The fourth-order valence-corrected chi connectivity index (χ4v) is 2.78. The first kappa shape index (κ1) is 60.2. The molecule has 26 heteroatoms. The summed E-state index contributed by atoms with van der Waals surface area (Å²) in [5.41, 5.74) is 46.3. The maximum atomic E-state index is 10.4. The molecule has 0 heterocycles. The van der Waals surface area contributed by atoms with Crippen molar-refractivity contribution in [1.29, 1.82) is 0 Å². The summed E-state index contributed by atoms with van der Waals surface area (Å²) in [6.45, 7) is 0.746. The maximum Gasteiger partial charge on any atom is 0.321 e. The molecule has 57 heavy (non-hydrogen) atoms. The van der Waals surface area contributed by atoms with Crippen LogP contribution < -0.4 is 51.6 Å². The van der Waals surface area contributed by atoms with E-state index in [9.17, 15) is 38.4 Å². The molecule has 26 nitrogen and oxygen atoms in total. The number of carboxylic acids is 8. The van der Waals surface area contributed by atoms with Gasteiger partial charge >= 0.3 is 47.8 Å². The molecule has 1 rings (SSSR count). The third-order valence-electron chi connectivity index (χ3n) is 5.78. The Morgan fingerprint density at radius 3 is 1.12 bits per heavy atom. The van der Waals surface area contributed by atoms with Crippen LogP contribution in [0.3, 0.4) is 0 Å². The molecule has 0 bridgehead atoms. The van der Waals surface area contributed by atoms with Crippen LogP contribution in [0.5, 0.6) is 0 Å². The molecule has 0 amide bonds. The Morgan fingerprint density at radius 1 is 0.509 bits per heavy atom. The molecule has 0 saturated carbocycles. The molecular weight excluding hydrogens is 768 g/mol. The molecule has 0 aliphatic rings. The van der Waals surface area contributed by atoms with Crippen molar-refractivity contribution in [2.24, 2.45) is 56.6 Å². The highest BCUT2D eigenvalue weighted by atomic mass is 16.4. The normalized spacial score (nSPS) is 12.1. The van der Waals surface area contributed by atoms with Crippen LogP contribution in [0.25, 0.3) is 0 Å². The van der Waals surface area contributed by atoms with Gasteiger partial charge in [-0.3, -0.25) is 43.3 Å². The summed E-state index contributed by atoms with van der Waals surface area (Å²) in [6.07, 6.45) is 2.44. The van der Waals surface area contributed by atoms with E-state index in [0.717, 1.165) is 18.4 Å². The van der Waals surface area contributed by atoms with Crippen LogP contribution in [0.1, 0.15) is 50.5 Å². The summed E-state index contributed by atoms with van der Waals surface area (Å²) in [4.78, 5) is 82.9. The van der Waals surface area contributed by atoms with Crippen LogP contribution in [0.4, 0.5) is 0 Å². The van der Waals surface area contributed by atoms with E-state index >= 15 is 0 Å². The number of hydrogen-bond donors (Lipinski definition) is 17. The summed E-state index contributed by atoms with van der Waals surface area (Å²) in [7, 11) is 0. The number of aliphatic imine (C=N–C) groups is 1. The summed E-state index contributed by atoms with van der Waals surface area (Å²) in [6, 6.07) is 4.43. The standard InChI is InChI=1S/C9H11NO2.C6H14N4O2.C6H14N2O2.2C4H7NO4.C2H5NO2/c10-8(9(11)12)6-7-4-2-1-3-5-7;7-4(5(11)12)2-1-3-10-6(8)9;7-4-2-1-3-5(8)6(9)10;2*5-2(4(8)9)1-3(6)7;3-1-2(4)5/h1-5,8H,6,10H2,(H,11,12);4H,1-3,7H2,(H,11,12)(H4,8,9,10);5H,1-4,7-8H2,(H,9,10);2*2H,1,5H2,(H,6,7)(H,8,9);1,3H2,(H,4,5)/t8-;4-;5-;2*2-;/m00000./s1. The Morgan fingerprint density at radius 2 is 0.860 bits per heavy atom. The Kier molecular flexibility index (Phi) is 40.4. The molecule has 26 N–H and O–H groups in total. The summed E-state index contributed by atoms with van der Waals surface area (Å²) < 4.78 is 0. The Bertz CT molecular complexity index is 1320. The van der Waals surface area contributed by atoms with E-state index in [-0.39, 0.29) is 12.5 Å². The molecule has 1 aromatic carbocycles. The molecule has 0 aliphatic heterocycles. The SMILES string of the molecule is NC(N)=NCCC[C@H](N)C(=O)O.NCC(=O)O.NCCCC[C@H](N)C(=O)O.N[C@@H](CC(=O)O)C(=O)O.N[C@@H](CC(=O)O)C(=O)O.N[C@@H](Cc1ccccc1)C(=O)O. The van der Waals surface area contributed by atoms with Gasteiger partial charge in [0.1, 0.15) is 30.2 Å². The number of aliphatic carboxylic acids is 8. The van der Waals surface area contributed by atoms with Crippen LogP contribution >= 0.6 is 0 Å². The minimum atomic E-state index is -1.29. The summed E-state index contributed by atoms with van der Waals surface area (Å²) in [5, 5.41) is 64.9. The lowest BCUT2D eigenvalue weighted by Gasteiger charge is -2.04. The molecule has 0 aliphatic carbocycles. The van der Waals surface area contributed by atoms with Gasteiger partial charge in [0.15, 0.2) is 5.96 Å². The van der Waals surface area contributed by atoms with E-state index < -0.39 is 90.8 Å². The van der Waals surface area contributed by atoms with E-state index in [0.29, 0.717) is 38.8 Å². The van der Waals surface area contributed by atoms with Gasteiger partial charge in [0, 0.05) is 6.54 Å². The first-order valence-electron chi connectivity index (χ1n) is 16.3. The van der Waals surface area contributed by atoms with Gasteiger partial charge in [-0.1, -0.05) is 36.8 Å². The van der Waals surface area contributed by atoms with Gasteiger partial charge in [0.05, 0.1) is 19.4 Å². The maximum absolute atomic E-state index is 10.4. The second-order valence-electron chi connectivity index (χ2n) is 10.9. The molecule has 0 unspecified atom stereocenters. The number of nitrogens with two attached hydrogens (primary N) is 9. The molecule has 328 valence electrons. The lowest BCUT2D eigenvalue weighted by Crippen LogP contribution is -2.32.